The summed E-state index contributed by atoms with van der Waals surface area (Å²) in [5, 5.41) is 8.86. The first kappa shape index (κ1) is 9.06. The van der Waals surface area contributed by atoms with Gasteiger partial charge in [0.1, 0.15) is 0 Å². The van der Waals surface area contributed by atoms with Gasteiger partial charge in [-0.15, -0.1) is 0 Å². The second-order valence-corrected chi connectivity index (χ2v) is 4.79. The maximum atomic E-state index is 8.86. The molecule has 2 rings (SSSR count). The average molecular weight is 177 g/mol. The van der Waals surface area contributed by atoms with Crippen LogP contribution >= 0.6 is 0 Å². The standard InChI is InChI=1S/C12H19N/c13-9-10-3-1-4-12(8-7-10)11-5-2-6-11/h10-12H,1-8H2. The number of hydrogen-bond donors (Lipinski definition) is 0. The Bertz CT molecular complexity index is 200. The lowest BCUT2D eigenvalue weighted by Crippen LogP contribution is -2.21. The van der Waals surface area contributed by atoms with Gasteiger partial charge in [-0.1, -0.05) is 32.1 Å². The topological polar surface area (TPSA) is 23.8 Å². The van der Waals surface area contributed by atoms with Crippen molar-refractivity contribution in [2.24, 2.45) is 17.8 Å². The van der Waals surface area contributed by atoms with Gasteiger partial charge in [-0.3, -0.25) is 0 Å². The molecule has 0 spiro atoms. The van der Waals surface area contributed by atoms with E-state index in [-0.39, 0.29) is 0 Å². The zero-order chi connectivity index (χ0) is 9.10. The third-order valence-electron chi connectivity index (χ3n) is 4.01. The molecule has 72 valence electrons. The summed E-state index contributed by atoms with van der Waals surface area (Å²) in [5.41, 5.74) is 0. The number of nitriles is 1. The molecule has 2 saturated carbocycles. The summed E-state index contributed by atoms with van der Waals surface area (Å²) in [5.74, 6) is 2.40. The monoisotopic (exact) mass is 177 g/mol. The van der Waals surface area contributed by atoms with Crippen LogP contribution in [-0.2, 0) is 0 Å². The second-order valence-electron chi connectivity index (χ2n) is 4.79. The number of nitrogens with zero attached hydrogens (tertiary/aromatic N) is 1. The van der Waals surface area contributed by atoms with Crippen molar-refractivity contribution in [2.45, 2.75) is 51.4 Å². The zero-order valence-corrected chi connectivity index (χ0v) is 8.34. The maximum Gasteiger partial charge on any atom is 0.0655 e. The van der Waals surface area contributed by atoms with Gasteiger partial charge in [0.05, 0.1) is 6.07 Å². The van der Waals surface area contributed by atoms with E-state index < -0.39 is 0 Å². The van der Waals surface area contributed by atoms with Gasteiger partial charge in [0.15, 0.2) is 0 Å². The molecule has 0 N–H and O–H groups in total. The Labute approximate surface area is 81.1 Å². The minimum atomic E-state index is 0.380. The fourth-order valence-corrected chi connectivity index (χ4v) is 2.84. The van der Waals surface area contributed by atoms with Crippen molar-refractivity contribution < 1.29 is 0 Å². The van der Waals surface area contributed by atoms with E-state index >= 15 is 0 Å². The van der Waals surface area contributed by atoms with Crippen LogP contribution in [0.4, 0.5) is 0 Å². The van der Waals surface area contributed by atoms with Gasteiger partial charge in [0.2, 0.25) is 0 Å². The normalized spacial score (nSPS) is 35.9. The first-order valence-corrected chi connectivity index (χ1v) is 5.80. The summed E-state index contributed by atoms with van der Waals surface area (Å²) in [4.78, 5) is 0. The van der Waals surface area contributed by atoms with Crippen LogP contribution < -0.4 is 0 Å². The van der Waals surface area contributed by atoms with E-state index in [1.165, 1.54) is 51.4 Å². The minimum Gasteiger partial charge on any atom is -0.198 e. The van der Waals surface area contributed by atoms with Crippen LogP contribution in [-0.4, -0.2) is 0 Å². The van der Waals surface area contributed by atoms with E-state index in [2.05, 4.69) is 6.07 Å². The second kappa shape index (κ2) is 4.13. The van der Waals surface area contributed by atoms with Crippen LogP contribution in [0.25, 0.3) is 0 Å². The van der Waals surface area contributed by atoms with E-state index in [1.54, 1.807) is 0 Å². The Hall–Kier alpha value is -0.510. The van der Waals surface area contributed by atoms with Crippen molar-refractivity contribution in [2.75, 3.05) is 0 Å². The van der Waals surface area contributed by atoms with Crippen LogP contribution in [0, 0.1) is 29.1 Å². The Balaban J connectivity index is 1.83. The molecule has 0 aliphatic heterocycles. The van der Waals surface area contributed by atoms with Gasteiger partial charge in [-0.25, -0.2) is 0 Å². The molecule has 2 fully saturated rings. The van der Waals surface area contributed by atoms with Crippen LogP contribution in [0.2, 0.25) is 0 Å². The van der Waals surface area contributed by atoms with Crippen molar-refractivity contribution in [3.05, 3.63) is 0 Å². The number of rotatable bonds is 1. The highest BCUT2D eigenvalue weighted by Crippen LogP contribution is 2.41. The minimum absolute atomic E-state index is 0.380. The SMILES string of the molecule is N#CC1CCCC(C2CCC2)CC1. The molecule has 0 saturated heterocycles. The molecule has 2 aliphatic carbocycles. The van der Waals surface area contributed by atoms with Crippen LogP contribution in [0.3, 0.4) is 0 Å². The lowest BCUT2D eigenvalue weighted by molar-refractivity contribution is 0.187. The Morgan fingerprint density at radius 1 is 0.769 bits per heavy atom. The maximum absolute atomic E-state index is 8.86. The third kappa shape index (κ3) is 2.05. The summed E-state index contributed by atoms with van der Waals surface area (Å²) in [7, 11) is 0. The molecule has 0 heterocycles. The average Bonchev–Trinajstić information content (AvgIpc) is 2.27. The van der Waals surface area contributed by atoms with Gasteiger partial charge < -0.3 is 0 Å². The molecule has 0 radical (unpaired) electrons. The van der Waals surface area contributed by atoms with Crippen molar-refractivity contribution >= 4 is 0 Å². The van der Waals surface area contributed by atoms with Crippen molar-refractivity contribution in [1.29, 1.82) is 5.26 Å². The first-order chi connectivity index (χ1) is 6.40. The lowest BCUT2D eigenvalue weighted by atomic mass is 9.73. The molecule has 2 unspecified atom stereocenters. The van der Waals surface area contributed by atoms with Crippen molar-refractivity contribution in [1.82, 2.24) is 0 Å². The highest BCUT2D eigenvalue weighted by Gasteiger charge is 2.29. The molecule has 0 amide bonds. The quantitative estimate of drug-likeness (QED) is 0.562. The van der Waals surface area contributed by atoms with Crippen LogP contribution in [0.1, 0.15) is 51.4 Å². The van der Waals surface area contributed by atoms with Gasteiger partial charge in [0, 0.05) is 5.92 Å². The first-order valence-electron chi connectivity index (χ1n) is 5.80. The molecular weight excluding hydrogens is 158 g/mol. The Morgan fingerprint density at radius 2 is 1.38 bits per heavy atom. The highest BCUT2D eigenvalue weighted by atomic mass is 14.4. The van der Waals surface area contributed by atoms with E-state index in [0.29, 0.717) is 5.92 Å². The molecule has 0 aromatic carbocycles. The summed E-state index contributed by atoms with van der Waals surface area (Å²) in [6, 6.07) is 2.44. The van der Waals surface area contributed by atoms with Crippen LogP contribution in [0.5, 0.6) is 0 Å². The zero-order valence-electron chi connectivity index (χ0n) is 8.34. The largest absolute Gasteiger partial charge is 0.198 e. The molecule has 0 aromatic heterocycles. The summed E-state index contributed by atoms with van der Waals surface area (Å²) < 4.78 is 0. The highest BCUT2D eigenvalue weighted by molar-refractivity contribution is 4.88. The predicted octanol–water partition coefficient (Wildman–Crippen LogP) is 3.51. The van der Waals surface area contributed by atoms with Crippen molar-refractivity contribution in [3.8, 4) is 6.07 Å². The van der Waals surface area contributed by atoms with Gasteiger partial charge in [0.25, 0.3) is 0 Å². The molecular formula is C12H19N. The van der Waals surface area contributed by atoms with Crippen LogP contribution in [0.15, 0.2) is 0 Å². The third-order valence-corrected chi connectivity index (χ3v) is 4.01. The fourth-order valence-electron chi connectivity index (χ4n) is 2.84. The predicted molar refractivity (Wildman–Crippen MR) is 53.0 cm³/mol. The van der Waals surface area contributed by atoms with E-state index in [0.717, 1.165) is 11.8 Å². The molecule has 0 aromatic rings. The smallest absolute Gasteiger partial charge is 0.0655 e. The Morgan fingerprint density at radius 3 is 2.00 bits per heavy atom. The van der Waals surface area contributed by atoms with Gasteiger partial charge in [-0.05, 0) is 31.1 Å². The van der Waals surface area contributed by atoms with E-state index in [9.17, 15) is 0 Å². The molecule has 2 aliphatic rings. The molecule has 13 heavy (non-hydrogen) atoms. The van der Waals surface area contributed by atoms with Gasteiger partial charge in [-0.2, -0.15) is 5.26 Å². The van der Waals surface area contributed by atoms with Gasteiger partial charge >= 0.3 is 0 Å². The summed E-state index contributed by atoms with van der Waals surface area (Å²) in [6.45, 7) is 0. The summed E-state index contributed by atoms with van der Waals surface area (Å²) in [6.07, 6.45) is 10.8. The van der Waals surface area contributed by atoms with E-state index in [4.69, 9.17) is 5.26 Å². The summed E-state index contributed by atoms with van der Waals surface area (Å²) >= 11 is 0. The van der Waals surface area contributed by atoms with E-state index in [1.807, 2.05) is 0 Å². The molecule has 1 nitrogen and oxygen atoms in total. The molecule has 2 atom stereocenters. The Kier molecular flexibility index (Phi) is 2.88. The molecule has 1 heteroatoms. The number of hydrogen-bond acceptors (Lipinski definition) is 1. The fraction of sp³-hybridized carbons (Fsp3) is 0.917. The lowest BCUT2D eigenvalue weighted by Gasteiger charge is -2.33. The molecule has 0 bridgehead atoms. The van der Waals surface area contributed by atoms with Crippen molar-refractivity contribution in [3.63, 3.8) is 0 Å².